The zero-order chi connectivity index (χ0) is 24.5. The second kappa shape index (κ2) is 10.5. The summed E-state index contributed by atoms with van der Waals surface area (Å²) >= 11 is 8.69. The van der Waals surface area contributed by atoms with Crippen molar-refractivity contribution in [3.8, 4) is 0 Å². The van der Waals surface area contributed by atoms with Crippen molar-refractivity contribution in [3.63, 3.8) is 0 Å². The van der Waals surface area contributed by atoms with Gasteiger partial charge in [0.1, 0.15) is 11.9 Å². The van der Waals surface area contributed by atoms with Crippen molar-refractivity contribution in [1.82, 2.24) is 19.3 Å². The first-order valence-corrected chi connectivity index (χ1v) is 13.2. The van der Waals surface area contributed by atoms with E-state index < -0.39 is 17.9 Å². The molecule has 3 unspecified atom stereocenters. The van der Waals surface area contributed by atoms with Crippen LogP contribution in [0.1, 0.15) is 55.3 Å². The Balaban J connectivity index is 1.30. The summed E-state index contributed by atoms with van der Waals surface area (Å²) < 4.78 is 18.2. The summed E-state index contributed by atoms with van der Waals surface area (Å²) in [5.41, 5.74) is 0.773. The molecule has 1 aliphatic carbocycles. The molecule has 3 atom stereocenters. The number of aromatic nitrogens is 1. The van der Waals surface area contributed by atoms with Crippen molar-refractivity contribution in [2.75, 3.05) is 12.4 Å². The Morgan fingerprint density at radius 1 is 1.35 bits per heavy atom. The Morgan fingerprint density at radius 2 is 2.15 bits per heavy atom. The van der Waals surface area contributed by atoms with Crippen LogP contribution in [0.2, 0.25) is 5.02 Å². The van der Waals surface area contributed by atoms with Crippen LogP contribution in [0.4, 0.5) is 10.1 Å². The highest BCUT2D eigenvalue weighted by Crippen LogP contribution is 2.46. The zero-order valence-electron chi connectivity index (χ0n) is 19.4. The van der Waals surface area contributed by atoms with E-state index >= 15 is 0 Å². The minimum absolute atomic E-state index is 0.0639. The largest absolute Gasteiger partial charge is 0.350 e. The number of hydrogen-bond donors (Lipinski definition) is 3. The Labute approximate surface area is 212 Å². The van der Waals surface area contributed by atoms with Gasteiger partial charge in [-0.1, -0.05) is 25.4 Å². The van der Waals surface area contributed by atoms with Gasteiger partial charge in [-0.05, 0) is 56.3 Å². The van der Waals surface area contributed by atoms with E-state index in [9.17, 15) is 14.0 Å². The molecule has 3 N–H and O–H groups in total. The summed E-state index contributed by atoms with van der Waals surface area (Å²) in [7, 11) is 1.77. The van der Waals surface area contributed by atoms with Gasteiger partial charge in [0.15, 0.2) is 0 Å². The van der Waals surface area contributed by atoms with Gasteiger partial charge >= 0.3 is 0 Å². The van der Waals surface area contributed by atoms with Crippen molar-refractivity contribution in [2.45, 2.75) is 64.1 Å². The second-order valence-corrected chi connectivity index (χ2v) is 12.2. The highest BCUT2D eigenvalue weighted by atomic mass is 35.5. The van der Waals surface area contributed by atoms with Crippen molar-refractivity contribution in [3.05, 3.63) is 45.1 Å². The molecule has 1 aromatic heterocycles. The standard InChI is InChI=1S/C23H29ClFN5O2S2/c1-23(2)7-6-13(10-23)22-27-12-15(33-22)11-26-20(31)18-9-19(30(3)34-29-18)21(32)28-14-4-5-17(25)16(24)8-14/h4-5,8,12-13,18-19,29H,6-7,9-11H2,1-3H3,(H,26,31)(H,28,32). The van der Waals surface area contributed by atoms with Gasteiger partial charge in [0.25, 0.3) is 0 Å². The van der Waals surface area contributed by atoms with E-state index in [1.807, 2.05) is 6.20 Å². The van der Waals surface area contributed by atoms with Crippen LogP contribution in [0, 0.1) is 11.2 Å². The molecule has 1 aromatic carbocycles. The lowest BCUT2D eigenvalue weighted by Gasteiger charge is -2.34. The normalized spacial score (nSPS) is 24.7. The fourth-order valence-corrected chi connectivity index (χ4v) is 6.38. The van der Waals surface area contributed by atoms with Crippen LogP contribution in [-0.4, -0.2) is 40.2 Å². The lowest BCUT2D eigenvalue weighted by Crippen LogP contribution is -2.53. The average molecular weight is 526 g/mol. The highest BCUT2D eigenvalue weighted by Gasteiger charge is 2.36. The lowest BCUT2D eigenvalue weighted by molar-refractivity contribution is -0.124. The lowest BCUT2D eigenvalue weighted by atomic mass is 9.91. The number of carbonyl (C=O) groups is 2. The van der Waals surface area contributed by atoms with Crippen LogP contribution in [-0.2, 0) is 16.1 Å². The number of likely N-dealkylation sites (N-methyl/N-ethyl adjacent to an activating group) is 1. The third kappa shape index (κ3) is 6.09. The Kier molecular flexibility index (Phi) is 7.83. The first-order chi connectivity index (χ1) is 16.1. The van der Waals surface area contributed by atoms with Crippen molar-refractivity contribution >= 4 is 52.6 Å². The van der Waals surface area contributed by atoms with Crippen LogP contribution in [0.15, 0.2) is 24.4 Å². The number of hydrogen-bond acceptors (Lipinski definition) is 7. The molecule has 0 bridgehead atoms. The maximum Gasteiger partial charge on any atom is 0.242 e. The molecular weight excluding hydrogens is 497 g/mol. The molecule has 1 aliphatic heterocycles. The number of halogens is 2. The van der Waals surface area contributed by atoms with E-state index in [4.69, 9.17) is 11.6 Å². The van der Waals surface area contributed by atoms with Gasteiger partial charge in [0.2, 0.25) is 11.8 Å². The van der Waals surface area contributed by atoms with E-state index in [-0.39, 0.29) is 16.8 Å². The van der Waals surface area contributed by atoms with Gasteiger partial charge in [-0.2, -0.15) is 0 Å². The summed E-state index contributed by atoms with van der Waals surface area (Å²) in [6.45, 7) is 5.02. The van der Waals surface area contributed by atoms with E-state index in [2.05, 4.69) is 34.2 Å². The fraction of sp³-hybridized carbons (Fsp3) is 0.522. The highest BCUT2D eigenvalue weighted by molar-refractivity contribution is 7.95. The number of nitrogens with one attached hydrogen (secondary N) is 3. The summed E-state index contributed by atoms with van der Waals surface area (Å²) in [4.78, 5) is 31.3. The molecular formula is C23H29ClFN5O2S2. The van der Waals surface area contributed by atoms with Crippen LogP contribution >= 0.6 is 35.1 Å². The van der Waals surface area contributed by atoms with E-state index in [1.54, 1.807) is 22.7 Å². The maximum absolute atomic E-state index is 13.4. The van der Waals surface area contributed by atoms with Crippen molar-refractivity contribution in [1.29, 1.82) is 0 Å². The fourth-order valence-electron chi connectivity index (χ4n) is 4.40. The molecule has 7 nitrogen and oxygen atoms in total. The Bertz CT molecular complexity index is 1070. The van der Waals surface area contributed by atoms with Crippen LogP contribution < -0.4 is 15.4 Å². The Hall–Kier alpha value is -1.72. The monoisotopic (exact) mass is 525 g/mol. The van der Waals surface area contributed by atoms with Gasteiger partial charge in [-0.25, -0.2) is 18.4 Å². The number of amides is 2. The maximum atomic E-state index is 13.4. The number of rotatable bonds is 6. The summed E-state index contributed by atoms with van der Waals surface area (Å²) in [5.74, 6) is -0.499. The quantitative estimate of drug-likeness (QED) is 0.473. The molecule has 1 saturated carbocycles. The molecule has 2 amide bonds. The SMILES string of the molecule is CN1SNC(C(=O)NCc2cnc(C3CCC(C)(C)C3)s2)CC1C(=O)Nc1ccc(F)c(Cl)c1. The average Bonchev–Trinajstić information content (AvgIpc) is 3.41. The molecule has 2 fully saturated rings. The van der Waals surface area contributed by atoms with Gasteiger partial charge in [-0.15, -0.1) is 11.3 Å². The smallest absolute Gasteiger partial charge is 0.242 e. The van der Waals surface area contributed by atoms with Gasteiger partial charge in [0.05, 0.1) is 22.6 Å². The predicted molar refractivity (Wildman–Crippen MR) is 135 cm³/mol. The van der Waals surface area contributed by atoms with Crippen LogP contribution in [0.5, 0.6) is 0 Å². The summed E-state index contributed by atoms with van der Waals surface area (Å²) in [6.07, 6.45) is 5.67. The van der Waals surface area contributed by atoms with E-state index in [0.29, 0.717) is 30.0 Å². The molecule has 4 rings (SSSR count). The predicted octanol–water partition coefficient (Wildman–Crippen LogP) is 4.71. The molecule has 1 saturated heterocycles. The number of carbonyl (C=O) groups excluding carboxylic acids is 2. The molecule has 2 heterocycles. The van der Waals surface area contributed by atoms with Gasteiger partial charge in [-0.3, -0.25) is 9.59 Å². The first-order valence-electron chi connectivity index (χ1n) is 11.2. The minimum Gasteiger partial charge on any atom is -0.350 e. The third-order valence-electron chi connectivity index (χ3n) is 6.37. The Morgan fingerprint density at radius 3 is 2.85 bits per heavy atom. The number of anilines is 1. The first kappa shape index (κ1) is 25.4. The molecule has 0 radical (unpaired) electrons. The third-order valence-corrected chi connectivity index (χ3v) is 8.75. The summed E-state index contributed by atoms with van der Waals surface area (Å²) in [6, 6.07) is 2.94. The molecule has 11 heteroatoms. The van der Waals surface area contributed by atoms with E-state index in [1.165, 1.54) is 36.8 Å². The number of benzene rings is 1. The van der Waals surface area contributed by atoms with Crippen molar-refractivity contribution < 1.29 is 14.0 Å². The van der Waals surface area contributed by atoms with Crippen molar-refractivity contribution in [2.24, 2.45) is 5.41 Å². The summed E-state index contributed by atoms with van der Waals surface area (Å²) in [5, 5.41) is 6.81. The second-order valence-electron chi connectivity index (χ2n) is 9.66. The van der Waals surface area contributed by atoms with Gasteiger partial charge < -0.3 is 10.6 Å². The molecule has 184 valence electrons. The van der Waals surface area contributed by atoms with Crippen LogP contribution in [0.3, 0.4) is 0 Å². The number of thiazole rings is 1. The van der Waals surface area contributed by atoms with E-state index in [0.717, 1.165) is 22.7 Å². The number of nitrogens with zero attached hydrogens (tertiary/aromatic N) is 2. The molecule has 2 aliphatic rings. The zero-order valence-corrected chi connectivity index (χ0v) is 21.7. The topological polar surface area (TPSA) is 86.4 Å². The van der Waals surface area contributed by atoms with Crippen LogP contribution in [0.25, 0.3) is 0 Å². The molecule has 0 spiro atoms. The molecule has 2 aromatic rings. The molecule has 34 heavy (non-hydrogen) atoms. The minimum atomic E-state index is -0.550. The van der Waals surface area contributed by atoms with Gasteiger partial charge in [0, 0.05) is 34.8 Å².